The second-order valence-corrected chi connectivity index (χ2v) is 7.27. The molecule has 0 fully saturated rings. The number of nitrogens with zero attached hydrogens (tertiary/aromatic N) is 1. The Hall–Kier alpha value is -3.18. The Labute approximate surface area is 178 Å². The topological polar surface area (TPSA) is 61.4 Å². The summed E-state index contributed by atoms with van der Waals surface area (Å²) >= 11 is 0. The fraction of sp³-hybridized carbons (Fsp3) is 0.280. The normalized spacial score (nSPS) is 19.9. The summed E-state index contributed by atoms with van der Waals surface area (Å²) in [7, 11) is 0. The van der Waals surface area contributed by atoms with Crippen molar-refractivity contribution < 1.29 is 9.59 Å². The Balaban J connectivity index is 1.64. The zero-order valence-electron chi connectivity index (χ0n) is 17.2. The van der Waals surface area contributed by atoms with E-state index in [1.54, 1.807) is 11.0 Å². The van der Waals surface area contributed by atoms with Gasteiger partial charge in [-0.25, -0.2) is 0 Å². The number of carbonyl (C=O) groups is 2. The molecule has 5 nitrogen and oxygen atoms in total. The van der Waals surface area contributed by atoms with E-state index in [9.17, 15) is 9.59 Å². The highest BCUT2D eigenvalue weighted by molar-refractivity contribution is 5.92. The number of hydrogen-bond acceptors (Lipinski definition) is 3. The molecule has 2 amide bonds. The molecule has 3 rings (SSSR count). The zero-order valence-corrected chi connectivity index (χ0v) is 17.2. The smallest absolute Gasteiger partial charge is 0.250 e. The molecule has 0 spiro atoms. The van der Waals surface area contributed by atoms with Gasteiger partial charge in [-0.15, -0.1) is 0 Å². The quantitative estimate of drug-likeness (QED) is 0.769. The van der Waals surface area contributed by atoms with Gasteiger partial charge in [0.2, 0.25) is 5.91 Å². The molecule has 1 heterocycles. The van der Waals surface area contributed by atoms with E-state index in [0.717, 1.165) is 17.5 Å². The van der Waals surface area contributed by atoms with Crippen LogP contribution in [0.1, 0.15) is 36.4 Å². The van der Waals surface area contributed by atoms with Crippen LogP contribution in [0.15, 0.2) is 79.0 Å². The van der Waals surface area contributed by atoms with Crippen LogP contribution in [-0.4, -0.2) is 36.3 Å². The van der Waals surface area contributed by atoms with Crippen molar-refractivity contribution in [2.75, 3.05) is 19.6 Å². The van der Waals surface area contributed by atoms with Crippen molar-refractivity contribution in [3.8, 4) is 0 Å². The van der Waals surface area contributed by atoms with E-state index in [1.165, 1.54) is 0 Å². The van der Waals surface area contributed by atoms with Crippen LogP contribution in [0.4, 0.5) is 0 Å². The fourth-order valence-electron chi connectivity index (χ4n) is 3.36. The van der Waals surface area contributed by atoms with Crippen molar-refractivity contribution in [2.45, 2.75) is 25.3 Å². The van der Waals surface area contributed by atoms with E-state index in [1.807, 2.05) is 79.0 Å². The molecule has 1 aliphatic rings. The lowest BCUT2D eigenvalue weighted by atomic mass is 10.0. The summed E-state index contributed by atoms with van der Waals surface area (Å²) < 4.78 is 0. The lowest BCUT2D eigenvalue weighted by Gasteiger charge is -2.20. The average Bonchev–Trinajstić information content (AvgIpc) is 2.80. The van der Waals surface area contributed by atoms with Gasteiger partial charge in [0.25, 0.3) is 5.91 Å². The highest BCUT2D eigenvalue weighted by Gasteiger charge is 2.16. The summed E-state index contributed by atoms with van der Waals surface area (Å²) in [6.07, 6.45) is 9.09. The van der Waals surface area contributed by atoms with Crippen LogP contribution in [0.5, 0.6) is 0 Å². The van der Waals surface area contributed by atoms with Gasteiger partial charge in [0.15, 0.2) is 0 Å². The van der Waals surface area contributed by atoms with Crippen molar-refractivity contribution >= 4 is 17.9 Å². The minimum absolute atomic E-state index is 0.0303. The summed E-state index contributed by atoms with van der Waals surface area (Å²) in [5.74, 6) is -0.0173. The largest absolute Gasteiger partial charge is 0.356 e. The Morgan fingerprint density at radius 3 is 2.50 bits per heavy atom. The molecule has 0 radical (unpaired) electrons. The van der Waals surface area contributed by atoms with E-state index < -0.39 is 0 Å². The number of hydrogen-bond donors (Lipinski definition) is 2. The lowest BCUT2D eigenvalue weighted by molar-refractivity contribution is -0.123. The number of carbonyl (C=O) groups excluding carboxylic acids is 2. The molecule has 0 aliphatic carbocycles. The standard InChI is InChI=1S/C25H29N3O2/c29-24-20-23(22-12-5-2-6-13-22)26-17-9-19-28(18-8-7-16-27-24)25(30)15-14-21-10-3-1-4-11-21/h1-6,8,10-15,18,23,26H,7,9,16-17,19-20H2,(H,27,29)/b15-14+,18-8+/t23-/m0/s1. The van der Waals surface area contributed by atoms with Crippen molar-refractivity contribution in [3.63, 3.8) is 0 Å². The molecule has 0 aromatic heterocycles. The average molecular weight is 404 g/mol. The van der Waals surface area contributed by atoms with E-state index in [-0.39, 0.29) is 17.9 Å². The predicted octanol–water partition coefficient (Wildman–Crippen LogP) is 3.67. The van der Waals surface area contributed by atoms with Crippen molar-refractivity contribution in [2.24, 2.45) is 0 Å². The van der Waals surface area contributed by atoms with E-state index >= 15 is 0 Å². The number of rotatable bonds is 3. The highest BCUT2D eigenvalue weighted by atomic mass is 16.2. The zero-order chi connectivity index (χ0) is 21.0. The molecule has 2 aromatic carbocycles. The summed E-state index contributed by atoms with van der Waals surface area (Å²) in [4.78, 5) is 26.7. The first-order chi connectivity index (χ1) is 14.7. The van der Waals surface area contributed by atoms with Gasteiger partial charge in [-0.1, -0.05) is 66.7 Å². The molecule has 0 saturated heterocycles. The monoisotopic (exact) mass is 403 g/mol. The van der Waals surface area contributed by atoms with E-state index in [4.69, 9.17) is 0 Å². The minimum Gasteiger partial charge on any atom is -0.356 e. The number of amides is 2. The minimum atomic E-state index is -0.0476. The third-order valence-electron chi connectivity index (χ3n) is 4.98. The first-order valence-corrected chi connectivity index (χ1v) is 10.5. The van der Waals surface area contributed by atoms with Crippen LogP contribution in [0.3, 0.4) is 0 Å². The Morgan fingerprint density at radius 1 is 1.00 bits per heavy atom. The predicted molar refractivity (Wildman–Crippen MR) is 120 cm³/mol. The molecule has 0 saturated carbocycles. The molecular formula is C25H29N3O2. The van der Waals surface area contributed by atoms with Gasteiger partial charge < -0.3 is 15.5 Å². The molecule has 30 heavy (non-hydrogen) atoms. The van der Waals surface area contributed by atoms with Crippen molar-refractivity contribution in [3.05, 3.63) is 90.1 Å². The summed E-state index contributed by atoms with van der Waals surface area (Å²) in [5.41, 5.74) is 2.09. The van der Waals surface area contributed by atoms with Gasteiger partial charge in [-0.2, -0.15) is 0 Å². The number of nitrogens with one attached hydrogen (secondary N) is 2. The molecule has 1 aliphatic heterocycles. The van der Waals surface area contributed by atoms with Gasteiger partial charge in [0.05, 0.1) is 0 Å². The SMILES string of the molecule is O=C1C[C@@H](c2ccccc2)NCCCN(C(=O)/C=C/c2ccccc2)/C=C/CCN1. The van der Waals surface area contributed by atoms with E-state index in [2.05, 4.69) is 10.6 Å². The van der Waals surface area contributed by atoms with Crippen LogP contribution in [-0.2, 0) is 9.59 Å². The number of benzene rings is 2. The van der Waals surface area contributed by atoms with Gasteiger partial charge in [0.1, 0.15) is 0 Å². The summed E-state index contributed by atoms with van der Waals surface area (Å²) in [6.45, 7) is 1.88. The van der Waals surface area contributed by atoms with E-state index in [0.29, 0.717) is 32.5 Å². The molecule has 0 unspecified atom stereocenters. The molecule has 2 aromatic rings. The molecule has 0 bridgehead atoms. The van der Waals surface area contributed by atoms with Gasteiger partial charge >= 0.3 is 0 Å². The fourth-order valence-corrected chi connectivity index (χ4v) is 3.36. The highest BCUT2D eigenvalue weighted by Crippen LogP contribution is 2.16. The lowest BCUT2D eigenvalue weighted by Crippen LogP contribution is -2.32. The first-order valence-electron chi connectivity index (χ1n) is 10.5. The van der Waals surface area contributed by atoms with Crippen LogP contribution in [0.2, 0.25) is 0 Å². The van der Waals surface area contributed by atoms with Gasteiger partial charge in [0, 0.05) is 37.8 Å². The molecule has 2 N–H and O–H groups in total. The molecule has 156 valence electrons. The Kier molecular flexibility index (Phi) is 8.42. The maximum absolute atomic E-state index is 12.7. The molecule has 5 heteroatoms. The molecular weight excluding hydrogens is 374 g/mol. The van der Waals surface area contributed by atoms with Crippen molar-refractivity contribution in [1.29, 1.82) is 0 Å². The Bertz CT molecular complexity index is 862. The van der Waals surface area contributed by atoms with Gasteiger partial charge in [-0.3, -0.25) is 9.59 Å². The maximum Gasteiger partial charge on any atom is 0.250 e. The van der Waals surface area contributed by atoms with Crippen LogP contribution in [0.25, 0.3) is 6.08 Å². The second-order valence-electron chi connectivity index (χ2n) is 7.27. The first kappa shape index (κ1) is 21.5. The van der Waals surface area contributed by atoms with Crippen LogP contribution in [0, 0.1) is 0 Å². The van der Waals surface area contributed by atoms with Gasteiger partial charge in [-0.05, 0) is 36.6 Å². The van der Waals surface area contributed by atoms with Crippen LogP contribution < -0.4 is 10.6 Å². The third kappa shape index (κ3) is 7.01. The third-order valence-corrected chi connectivity index (χ3v) is 4.98. The maximum atomic E-state index is 12.7. The molecule has 1 atom stereocenters. The summed E-state index contributed by atoms with van der Waals surface area (Å²) in [5, 5.41) is 6.44. The van der Waals surface area contributed by atoms with Crippen LogP contribution >= 0.6 is 0 Å². The summed E-state index contributed by atoms with van der Waals surface area (Å²) in [6, 6.07) is 19.8. The Morgan fingerprint density at radius 2 is 1.73 bits per heavy atom. The van der Waals surface area contributed by atoms with Crippen molar-refractivity contribution in [1.82, 2.24) is 15.5 Å². The second kappa shape index (κ2) is 11.7.